The summed E-state index contributed by atoms with van der Waals surface area (Å²) in [6.45, 7) is 2.27. The highest BCUT2D eigenvalue weighted by molar-refractivity contribution is 5.94. The number of rotatable bonds is 5. The highest BCUT2D eigenvalue weighted by Crippen LogP contribution is 2.11. The van der Waals surface area contributed by atoms with Crippen LogP contribution >= 0.6 is 0 Å². The lowest BCUT2D eigenvalue weighted by Gasteiger charge is -2.09. The first-order valence-corrected chi connectivity index (χ1v) is 6.62. The molecule has 0 saturated heterocycles. The molecule has 110 valence electrons. The van der Waals surface area contributed by atoms with Gasteiger partial charge in [-0.25, -0.2) is 15.2 Å². The molecule has 21 heavy (non-hydrogen) atoms. The molecule has 2 aromatic rings. The normalized spacial score (nSPS) is 10.2. The second-order valence-electron chi connectivity index (χ2n) is 4.54. The monoisotopic (exact) mass is 288 g/mol. The number of anilines is 1. The van der Waals surface area contributed by atoms with Gasteiger partial charge in [0.15, 0.2) is 0 Å². The zero-order chi connectivity index (χ0) is 15.2. The molecular weight excluding hydrogens is 271 g/mol. The summed E-state index contributed by atoms with van der Waals surface area (Å²) in [6, 6.07) is 9.29. The van der Waals surface area contributed by atoms with Gasteiger partial charge in [0.1, 0.15) is 11.6 Å². The maximum Gasteiger partial charge on any atom is 0.251 e. The van der Waals surface area contributed by atoms with Crippen LogP contribution in [-0.2, 0) is 13.0 Å². The maximum atomic E-state index is 12.8. The summed E-state index contributed by atoms with van der Waals surface area (Å²) >= 11 is 0. The van der Waals surface area contributed by atoms with Crippen LogP contribution in [0, 0.1) is 5.82 Å². The Bertz CT molecular complexity index is 606. The number of carbonyl (C=O) groups is 1. The predicted octanol–water partition coefficient (Wildman–Crippen LogP) is 2.00. The first kappa shape index (κ1) is 14.9. The minimum atomic E-state index is -0.301. The Balaban J connectivity index is 2.07. The first-order valence-electron chi connectivity index (χ1n) is 6.62. The van der Waals surface area contributed by atoms with Crippen molar-refractivity contribution in [1.29, 1.82) is 0 Å². The molecule has 0 aliphatic carbocycles. The van der Waals surface area contributed by atoms with Gasteiger partial charge >= 0.3 is 0 Å². The molecule has 6 heteroatoms. The minimum absolute atomic E-state index is 0.229. The molecule has 2 rings (SSSR count). The number of carbonyl (C=O) groups excluding carboxylic acids is 1. The number of nitrogens with one attached hydrogen (secondary N) is 2. The van der Waals surface area contributed by atoms with Gasteiger partial charge in [-0.15, -0.1) is 0 Å². The molecule has 1 amide bonds. The Kier molecular flexibility index (Phi) is 4.84. The number of hydrazine groups is 1. The van der Waals surface area contributed by atoms with E-state index in [1.807, 2.05) is 6.92 Å². The van der Waals surface area contributed by atoms with Crippen molar-refractivity contribution in [1.82, 2.24) is 10.3 Å². The third-order valence-corrected chi connectivity index (χ3v) is 3.02. The molecular formula is C15H17FN4O. The Labute approximate surface area is 122 Å². The van der Waals surface area contributed by atoms with Crippen LogP contribution in [0.25, 0.3) is 0 Å². The van der Waals surface area contributed by atoms with Gasteiger partial charge in [0.2, 0.25) is 0 Å². The standard InChI is InChI=1S/C15H17FN4O/c1-2-13-7-11(8-14(19-13)20-17)15(21)18-9-10-3-5-12(16)6-4-10/h3-8H,2,9,17H2,1H3,(H,18,21)(H,19,20). The lowest BCUT2D eigenvalue weighted by molar-refractivity contribution is 0.0950. The van der Waals surface area contributed by atoms with E-state index in [0.29, 0.717) is 24.3 Å². The topological polar surface area (TPSA) is 80.0 Å². The number of nitrogens with two attached hydrogens (primary N) is 1. The Morgan fingerprint density at radius 1 is 1.29 bits per heavy atom. The number of benzene rings is 1. The van der Waals surface area contributed by atoms with Crippen molar-refractivity contribution < 1.29 is 9.18 Å². The summed E-state index contributed by atoms with van der Waals surface area (Å²) in [6.07, 6.45) is 0.702. The van der Waals surface area contributed by atoms with Crippen molar-refractivity contribution in [2.45, 2.75) is 19.9 Å². The molecule has 0 bridgehead atoms. The van der Waals surface area contributed by atoms with Crippen LogP contribution in [0.3, 0.4) is 0 Å². The van der Waals surface area contributed by atoms with Crippen molar-refractivity contribution in [2.24, 2.45) is 5.84 Å². The largest absolute Gasteiger partial charge is 0.348 e. The predicted molar refractivity (Wildman–Crippen MR) is 79.0 cm³/mol. The van der Waals surface area contributed by atoms with E-state index in [4.69, 9.17) is 5.84 Å². The van der Waals surface area contributed by atoms with Crippen molar-refractivity contribution in [3.8, 4) is 0 Å². The minimum Gasteiger partial charge on any atom is -0.348 e. The van der Waals surface area contributed by atoms with Gasteiger partial charge in [-0.1, -0.05) is 19.1 Å². The number of hydrogen-bond donors (Lipinski definition) is 3. The Morgan fingerprint density at radius 2 is 2.00 bits per heavy atom. The lowest BCUT2D eigenvalue weighted by atomic mass is 10.1. The fraction of sp³-hybridized carbons (Fsp3) is 0.200. The smallest absolute Gasteiger partial charge is 0.251 e. The third kappa shape index (κ3) is 4.00. The van der Waals surface area contributed by atoms with Gasteiger partial charge < -0.3 is 10.7 Å². The molecule has 0 fully saturated rings. The number of nitrogen functional groups attached to an aromatic ring is 1. The zero-order valence-electron chi connectivity index (χ0n) is 11.7. The van der Waals surface area contributed by atoms with E-state index in [2.05, 4.69) is 15.7 Å². The van der Waals surface area contributed by atoms with E-state index in [1.54, 1.807) is 24.3 Å². The van der Waals surface area contributed by atoms with Crippen molar-refractivity contribution in [2.75, 3.05) is 5.43 Å². The molecule has 4 N–H and O–H groups in total. The Hall–Kier alpha value is -2.47. The van der Waals surface area contributed by atoms with E-state index in [0.717, 1.165) is 11.3 Å². The van der Waals surface area contributed by atoms with E-state index in [-0.39, 0.29) is 11.7 Å². The highest BCUT2D eigenvalue weighted by Gasteiger charge is 2.09. The van der Waals surface area contributed by atoms with Crippen LogP contribution in [-0.4, -0.2) is 10.9 Å². The first-order chi connectivity index (χ1) is 10.1. The molecule has 1 aromatic carbocycles. The average molecular weight is 288 g/mol. The van der Waals surface area contributed by atoms with Crippen LogP contribution in [0.4, 0.5) is 10.2 Å². The summed E-state index contributed by atoms with van der Waals surface area (Å²) in [7, 11) is 0. The van der Waals surface area contributed by atoms with Gasteiger partial charge in [0, 0.05) is 17.8 Å². The van der Waals surface area contributed by atoms with Gasteiger partial charge in [-0.3, -0.25) is 4.79 Å². The van der Waals surface area contributed by atoms with Crippen molar-refractivity contribution in [3.05, 3.63) is 59.0 Å². The third-order valence-electron chi connectivity index (χ3n) is 3.02. The van der Waals surface area contributed by atoms with Crippen LogP contribution < -0.4 is 16.6 Å². The number of hydrogen-bond acceptors (Lipinski definition) is 4. The van der Waals surface area contributed by atoms with Crippen molar-refractivity contribution in [3.63, 3.8) is 0 Å². The maximum absolute atomic E-state index is 12.8. The molecule has 0 atom stereocenters. The summed E-state index contributed by atoms with van der Waals surface area (Å²) in [5.41, 5.74) is 4.53. The van der Waals surface area contributed by atoms with E-state index in [9.17, 15) is 9.18 Å². The summed E-state index contributed by atoms with van der Waals surface area (Å²) in [5, 5.41) is 2.78. The highest BCUT2D eigenvalue weighted by atomic mass is 19.1. The molecule has 0 spiro atoms. The van der Waals surface area contributed by atoms with Gasteiger partial charge in [-0.05, 0) is 36.2 Å². The number of pyridine rings is 1. The zero-order valence-corrected chi connectivity index (χ0v) is 11.7. The molecule has 0 aliphatic rings. The summed E-state index contributed by atoms with van der Waals surface area (Å²) in [5.74, 6) is 5.26. The van der Waals surface area contributed by atoms with Crippen LogP contribution in [0.1, 0.15) is 28.5 Å². The number of aromatic nitrogens is 1. The van der Waals surface area contributed by atoms with Crippen LogP contribution in [0.5, 0.6) is 0 Å². The quantitative estimate of drug-likeness (QED) is 0.580. The van der Waals surface area contributed by atoms with Crippen LogP contribution in [0.15, 0.2) is 36.4 Å². The number of aryl methyl sites for hydroxylation is 1. The summed E-state index contributed by atoms with van der Waals surface area (Å²) < 4.78 is 12.8. The van der Waals surface area contributed by atoms with Gasteiger partial charge in [0.25, 0.3) is 5.91 Å². The summed E-state index contributed by atoms with van der Waals surface area (Å²) in [4.78, 5) is 16.4. The van der Waals surface area contributed by atoms with E-state index >= 15 is 0 Å². The molecule has 5 nitrogen and oxygen atoms in total. The van der Waals surface area contributed by atoms with Crippen LogP contribution in [0.2, 0.25) is 0 Å². The SMILES string of the molecule is CCc1cc(C(=O)NCc2ccc(F)cc2)cc(NN)n1. The number of halogens is 1. The second-order valence-corrected chi connectivity index (χ2v) is 4.54. The number of amides is 1. The fourth-order valence-corrected chi connectivity index (χ4v) is 1.86. The van der Waals surface area contributed by atoms with Gasteiger partial charge in [-0.2, -0.15) is 0 Å². The molecule has 0 unspecified atom stereocenters. The molecule has 0 aliphatic heterocycles. The average Bonchev–Trinajstić information content (AvgIpc) is 2.53. The van der Waals surface area contributed by atoms with Gasteiger partial charge in [0.05, 0.1) is 0 Å². The molecule has 1 heterocycles. The fourth-order valence-electron chi connectivity index (χ4n) is 1.86. The lowest BCUT2D eigenvalue weighted by Crippen LogP contribution is -2.23. The van der Waals surface area contributed by atoms with Crippen molar-refractivity contribution >= 4 is 11.7 Å². The van der Waals surface area contributed by atoms with E-state index < -0.39 is 0 Å². The number of nitrogens with zero attached hydrogens (tertiary/aromatic N) is 1. The molecule has 0 saturated carbocycles. The molecule has 1 aromatic heterocycles. The molecule has 0 radical (unpaired) electrons. The second kappa shape index (κ2) is 6.81. The van der Waals surface area contributed by atoms with E-state index in [1.165, 1.54) is 12.1 Å². The Morgan fingerprint density at radius 3 is 2.62 bits per heavy atom.